The third-order valence-corrected chi connectivity index (χ3v) is 4.50. The predicted octanol–water partition coefficient (Wildman–Crippen LogP) is 5.12. The molecular formula is C18H18ClN3S. The monoisotopic (exact) mass is 343 g/mol. The third kappa shape index (κ3) is 3.54. The van der Waals surface area contributed by atoms with E-state index in [0.29, 0.717) is 5.82 Å². The second-order valence-corrected chi connectivity index (χ2v) is 7.54. The number of rotatable bonds is 2. The van der Waals surface area contributed by atoms with Crippen molar-refractivity contribution in [3.8, 4) is 5.69 Å². The van der Waals surface area contributed by atoms with Crippen molar-refractivity contribution in [2.45, 2.75) is 26.2 Å². The molecule has 0 saturated heterocycles. The van der Waals surface area contributed by atoms with Crippen LogP contribution in [0.1, 0.15) is 26.5 Å². The van der Waals surface area contributed by atoms with Crippen LogP contribution >= 0.6 is 22.9 Å². The first-order chi connectivity index (χ1) is 10.9. The molecule has 0 aliphatic heterocycles. The summed E-state index contributed by atoms with van der Waals surface area (Å²) >= 11 is 7.65. The minimum Gasteiger partial charge on any atom is -0.289 e. The van der Waals surface area contributed by atoms with Crippen molar-refractivity contribution < 1.29 is 0 Å². The van der Waals surface area contributed by atoms with E-state index >= 15 is 0 Å². The molecule has 3 nitrogen and oxygen atoms in total. The Morgan fingerprint density at radius 2 is 1.83 bits per heavy atom. The van der Waals surface area contributed by atoms with Gasteiger partial charge in [-0.2, -0.15) is 0 Å². The average Bonchev–Trinajstić information content (AvgIpc) is 2.93. The molecule has 3 rings (SSSR count). The number of nitrogens with zero attached hydrogens (tertiary/aromatic N) is 3. The number of thiazole rings is 1. The molecule has 2 heterocycles. The van der Waals surface area contributed by atoms with E-state index in [1.54, 1.807) is 17.5 Å². The summed E-state index contributed by atoms with van der Waals surface area (Å²) in [6, 6.07) is 13.6. The van der Waals surface area contributed by atoms with E-state index in [-0.39, 0.29) is 5.41 Å². The SMILES string of the molecule is CC(C)(C)c1cs/c(=N\c2ccccn2)n1-c1ccc(Cl)cc1. The summed E-state index contributed by atoms with van der Waals surface area (Å²) in [7, 11) is 0. The predicted molar refractivity (Wildman–Crippen MR) is 96.8 cm³/mol. The van der Waals surface area contributed by atoms with Gasteiger partial charge in [0.15, 0.2) is 10.6 Å². The van der Waals surface area contributed by atoms with E-state index < -0.39 is 0 Å². The maximum Gasteiger partial charge on any atom is 0.196 e. The molecule has 0 radical (unpaired) electrons. The van der Waals surface area contributed by atoms with E-state index in [1.807, 2.05) is 42.5 Å². The third-order valence-electron chi connectivity index (χ3n) is 3.42. The van der Waals surface area contributed by atoms with Gasteiger partial charge in [-0.3, -0.25) is 4.57 Å². The number of aromatic nitrogens is 2. The summed E-state index contributed by atoms with van der Waals surface area (Å²) in [5.74, 6) is 0.706. The Balaban J connectivity index is 2.24. The maximum absolute atomic E-state index is 6.03. The van der Waals surface area contributed by atoms with Crippen molar-refractivity contribution in [3.63, 3.8) is 0 Å². The van der Waals surface area contributed by atoms with Gasteiger partial charge in [-0.15, -0.1) is 11.3 Å². The standard InChI is InChI=1S/C18H18ClN3S/c1-18(2,3)15-12-23-17(21-16-6-4-5-11-20-16)22(15)14-9-7-13(19)8-10-14/h4-12H,1-3H3/b21-17-. The van der Waals surface area contributed by atoms with E-state index in [2.05, 4.69) is 35.7 Å². The van der Waals surface area contributed by atoms with Crippen LogP contribution in [0.2, 0.25) is 5.02 Å². The smallest absolute Gasteiger partial charge is 0.196 e. The molecule has 5 heteroatoms. The molecule has 0 amide bonds. The molecule has 23 heavy (non-hydrogen) atoms. The Morgan fingerprint density at radius 3 is 2.43 bits per heavy atom. The maximum atomic E-state index is 6.03. The Labute approximate surface area is 144 Å². The molecule has 0 fully saturated rings. The van der Waals surface area contributed by atoms with Crippen LogP contribution in [0, 0.1) is 0 Å². The van der Waals surface area contributed by atoms with Crippen molar-refractivity contribution in [1.82, 2.24) is 9.55 Å². The molecule has 3 aromatic rings. The molecule has 0 unspecified atom stereocenters. The Morgan fingerprint density at radius 1 is 1.09 bits per heavy atom. The van der Waals surface area contributed by atoms with Gasteiger partial charge in [0.2, 0.25) is 0 Å². The molecule has 0 N–H and O–H groups in total. The van der Waals surface area contributed by atoms with Crippen LogP contribution in [0.3, 0.4) is 0 Å². The number of hydrogen-bond donors (Lipinski definition) is 0. The highest BCUT2D eigenvalue weighted by molar-refractivity contribution is 7.07. The van der Waals surface area contributed by atoms with Crippen LogP contribution in [0.15, 0.2) is 59.0 Å². The van der Waals surface area contributed by atoms with E-state index in [1.165, 1.54) is 5.69 Å². The molecule has 0 bridgehead atoms. The largest absolute Gasteiger partial charge is 0.289 e. The van der Waals surface area contributed by atoms with Gasteiger partial charge in [0, 0.05) is 33.4 Å². The van der Waals surface area contributed by atoms with Crippen LogP contribution in [0.5, 0.6) is 0 Å². The summed E-state index contributed by atoms with van der Waals surface area (Å²) in [4.78, 5) is 9.91. The number of pyridine rings is 1. The minimum atomic E-state index is 0.00796. The molecule has 0 spiro atoms. The lowest BCUT2D eigenvalue weighted by Gasteiger charge is -2.21. The highest BCUT2D eigenvalue weighted by atomic mass is 35.5. The molecule has 118 valence electrons. The summed E-state index contributed by atoms with van der Waals surface area (Å²) in [6.07, 6.45) is 1.75. The van der Waals surface area contributed by atoms with Crippen LogP contribution in [0.4, 0.5) is 5.82 Å². The molecule has 0 aliphatic rings. The first-order valence-corrected chi connectivity index (χ1v) is 8.63. The highest BCUT2D eigenvalue weighted by Gasteiger charge is 2.20. The van der Waals surface area contributed by atoms with Gasteiger partial charge in [0.25, 0.3) is 0 Å². The zero-order chi connectivity index (χ0) is 16.4. The van der Waals surface area contributed by atoms with Crippen molar-refractivity contribution >= 4 is 28.8 Å². The Hall–Kier alpha value is -1.91. The molecule has 0 atom stereocenters. The zero-order valence-corrected chi connectivity index (χ0v) is 14.9. The molecular weight excluding hydrogens is 326 g/mol. The summed E-state index contributed by atoms with van der Waals surface area (Å²) in [6.45, 7) is 6.60. The van der Waals surface area contributed by atoms with Gasteiger partial charge in [-0.1, -0.05) is 38.4 Å². The van der Waals surface area contributed by atoms with Gasteiger partial charge >= 0.3 is 0 Å². The fraction of sp³-hybridized carbons (Fsp3) is 0.222. The lowest BCUT2D eigenvalue weighted by molar-refractivity contribution is 0.553. The Kier molecular flexibility index (Phi) is 4.37. The number of hydrogen-bond acceptors (Lipinski definition) is 3. The fourth-order valence-corrected chi connectivity index (χ4v) is 3.52. The van der Waals surface area contributed by atoms with E-state index in [4.69, 9.17) is 16.6 Å². The van der Waals surface area contributed by atoms with Gasteiger partial charge in [0.1, 0.15) is 0 Å². The van der Waals surface area contributed by atoms with Crippen LogP contribution < -0.4 is 4.80 Å². The number of halogens is 1. The second kappa shape index (κ2) is 6.30. The molecule has 0 aliphatic carbocycles. The molecule has 1 aromatic carbocycles. The van der Waals surface area contributed by atoms with Gasteiger partial charge in [0.05, 0.1) is 0 Å². The molecule has 2 aromatic heterocycles. The first-order valence-electron chi connectivity index (χ1n) is 7.38. The number of benzene rings is 1. The first kappa shape index (κ1) is 16.0. The fourth-order valence-electron chi connectivity index (χ4n) is 2.26. The normalized spacial score (nSPS) is 12.6. The quantitative estimate of drug-likeness (QED) is 0.635. The van der Waals surface area contributed by atoms with Crippen molar-refractivity contribution in [2.75, 3.05) is 0 Å². The summed E-state index contributed by atoms with van der Waals surface area (Å²) in [5.41, 5.74) is 2.27. The van der Waals surface area contributed by atoms with Gasteiger partial charge in [-0.05, 0) is 36.4 Å². The second-order valence-electron chi connectivity index (χ2n) is 6.27. The van der Waals surface area contributed by atoms with Crippen LogP contribution in [0.25, 0.3) is 5.69 Å². The van der Waals surface area contributed by atoms with Crippen molar-refractivity contribution in [2.24, 2.45) is 4.99 Å². The summed E-state index contributed by atoms with van der Waals surface area (Å²) < 4.78 is 2.18. The van der Waals surface area contributed by atoms with Crippen LogP contribution in [-0.2, 0) is 5.41 Å². The minimum absolute atomic E-state index is 0.00796. The van der Waals surface area contributed by atoms with E-state index in [0.717, 1.165) is 15.5 Å². The van der Waals surface area contributed by atoms with Crippen LogP contribution in [-0.4, -0.2) is 9.55 Å². The summed E-state index contributed by atoms with van der Waals surface area (Å²) in [5, 5.41) is 2.89. The highest BCUT2D eigenvalue weighted by Crippen LogP contribution is 2.26. The molecule has 0 saturated carbocycles. The van der Waals surface area contributed by atoms with Crippen molar-refractivity contribution in [1.29, 1.82) is 0 Å². The zero-order valence-electron chi connectivity index (χ0n) is 13.3. The van der Waals surface area contributed by atoms with Crippen molar-refractivity contribution in [3.05, 3.63) is 69.6 Å². The Bertz CT molecular complexity index is 856. The van der Waals surface area contributed by atoms with Gasteiger partial charge < -0.3 is 0 Å². The topological polar surface area (TPSA) is 30.2 Å². The van der Waals surface area contributed by atoms with E-state index in [9.17, 15) is 0 Å². The average molecular weight is 344 g/mol. The van der Waals surface area contributed by atoms with Gasteiger partial charge in [-0.25, -0.2) is 9.98 Å². The lowest BCUT2D eigenvalue weighted by Crippen LogP contribution is -2.23. The lowest BCUT2D eigenvalue weighted by atomic mass is 9.93.